The van der Waals surface area contributed by atoms with Crippen LogP contribution in [0.15, 0.2) is 36.8 Å². The third-order valence-corrected chi connectivity index (χ3v) is 6.54. The fraction of sp³-hybridized carbons (Fsp3) is 0.318. The van der Waals surface area contributed by atoms with Crippen molar-refractivity contribution in [3.63, 3.8) is 0 Å². The van der Waals surface area contributed by atoms with Gasteiger partial charge in [0.15, 0.2) is 10.8 Å². The van der Waals surface area contributed by atoms with Crippen LogP contribution in [0.2, 0.25) is 5.02 Å². The van der Waals surface area contributed by atoms with E-state index in [0.717, 1.165) is 33.2 Å². The highest BCUT2D eigenvalue weighted by atomic mass is 35.5. The van der Waals surface area contributed by atoms with Crippen molar-refractivity contribution in [1.29, 1.82) is 0 Å². The molecule has 0 atom stereocenters. The summed E-state index contributed by atoms with van der Waals surface area (Å²) in [6.07, 6.45) is 4.59. The van der Waals surface area contributed by atoms with Crippen LogP contribution in [0.4, 0.5) is 10.9 Å². The Morgan fingerprint density at radius 1 is 1.31 bits per heavy atom. The van der Waals surface area contributed by atoms with Gasteiger partial charge in [0.2, 0.25) is 5.91 Å². The molecule has 1 amide bonds. The third kappa shape index (κ3) is 4.05. The molecule has 1 aromatic carbocycles. The van der Waals surface area contributed by atoms with Crippen LogP contribution in [0.25, 0.3) is 16.7 Å². The van der Waals surface area contributed by atoms with E-state index in [0.29, 0.717) is 41.9 Å². The lowest BCUT2D eigenvalue weighted by molar-refractivity contribution is -0.132. The molecule has 0 saturated carbocycles. The van der Waals surface area contributed by atoms with Gasteiger partial charge in [0.25, 0.3) is 0 Å². The number of nitrogens with one attached hydrogen (secondary N) is 1. The zero-order valence-corrected chi connectivity index (χ0v) is 19.3. The molecule has 164 valence electrons. The lowest BCUT2D eigenvalue weighted by atomic mass is 10.1. The summed E-state index contributed by atoms with van der Waals surface area (Å²) in [5.74, 6) is 1.21. The van der Waals surface area contributed by atoms with Gasteiger partial charge in [-0.25, -0.2) is 19.6 Å². The summed E-state index contributed by atoms with van der Waals surface area (Å²) in [6, 6.07) is 7.46. The highest BCUT2D eigenvalue weighted by Crippen LogP contribution is 2.32. The second-order valence-electron chi connectivity index (χ2n) is 8.17. The Morgan fingerprint density at radius 3 is 3.00 bits per heavy atom. The fourth-order valence-electron chi connectivity index (χ4n) is 3.78. The predicted octanol–water partition coefficient (Wildman–Crippen LogP) is 4.60. The van der Waals surface area contributed by atoms with Gasteiger partial charge in [-0.05, 0) is 24.1 Å². The lowest BCUT2D eigenvalue weighted by Gasteiger charge is -2.26. The summed E-state index contributed by atoms with van der Waals surface area (Å²) in [5.41, 5.74) is 2.55. The number of halogens is 1. The van der Waals surface area contributed by atoms with Crippen LogP contribution in [0.5, 0.6) is 0 Å². The molecule has 0 bridgehead atoms. The van der Waals surface area contributed by atoms with Gasteiger partial charge in [0.1, 0.15) is 12.1 Å². The smallest absolute Gasteiger partial charge is 0.223 e. The zero-order chi connectivity index (χ0) is 22.2. The van der Waals surface area contributed by atoms with E-state index in [1.54, 1.807) is 22.2 Å². The molecule has 0 spiro atoms. The molecule has 8 nitrogen and oxygen atoms in total. The molecule has 10 heteroatoms. The number of carbonyl (C=O) groups excluding carboxylic acids is 1. The number of rotatable bonds is 5. The summed E-state index contributed by atoms with van der Waals surface area (Å²) >= 11 is 7.70. The van der Waals surface area contributed by atoms with E-state index < -0.39 is 0 Å². The first kappa shape index (κ1) is 20.8. The van der Waals surface area contributed by atoms with Crippen molar-refractivity contribution in [3.8, 4) is 5.69 Å². The maximum absolute atomic E-state index is 12.5. The standard InChI is InChI=1S/C22H22ClN7OS/c1-13(2)8-19(31)29-7-6-17-18(11-29)32-22(27-17)28-20-16-10-26-30(21(16)25-12-24-20)15-5-3-4-14(23)9-15/h3-5,9-10,12-13H,6-8,11H2,1-2H3,(H,24,25,27,28). The first-order valence-electron chi connectivity index (χ1n) is 10.5. The van der Waals surface area contributed by atoms with E-state index in [4.69, 9.17) is 16.6 Å². The van der Waals surface area contributed by atoms with Crippen molar-refractivity contribution in [2.45, 2.75) is 33.2 Å². The van der Waals surface area contributed by atoms with Gasteiger partial charge in [0, 0.05) is 29.3 Å². The van der Waals surface area contributed by atoms with E-state index in [2.05, 4.69) is 34.2 Å². The van der Waals surface area contributed by atoms with E-state index >= 15 is 0 Å². The Morgan fingerprint density at radius 2 is 2.19 bits per heavy atom. The second kappa shape index (κ2) is 8.48. The number of benzene rings is 1. The van der Waals surface area contributed by atoms with Crippen LogP contribution < -0.4 is 5.32 Å². The Balaban J connectivity index is 1.39. The van der Waals surface area contributed by atoms with Gasteiger partial charge < -0.3 is 10.2 Å². The van der Waals surface area contributed by atoms with Gasteiger partial charge in [-0.15, -0.1) is 0 Å². The van der Waals surface area contributed by atoms with Crippen molar-refractivity contribution in [2.24, 2.45) is 5.92 Å². The number of nitrogens with zero attached hydrogens (tertiary/aromatic N) is 6. The maximum Gasteiger partial charge on any atom is 0.223 e. The summed E-state index contributed by atoms with van der Waals surface area (Å²) in [5, 5.41) is 9.98. The van der Waals surface area contributed by atoms with Crippen LogP contribution in [0.3, 0.4) is 0 Å². The predicted molar refractivity (Wildman–Crippen MR) is 126 cm³/mol. The minimum atomic E-state index is 0.208. The van der Waals surface area contributed by atoms with E-state index in [-0.39, 0.29) is 5.91 Å². The molecule has 4 aromatic rings. The Bertz CT molecular complexity index is 1300. The Hall–Kier alpha value is -3.04. The normalized spacial score (nSPS) is 13.6. The number of hydrogen-bond acceptors (Lipinski definition) is 7. The largest absolute Gasteiger partial charge is 0.337 e. The van der Waals surface area contributed by atoms with Crippen LogP contribution in [0.1, 0.15) is 30.8 Å². The number of thiazole rings is 1. The van der Waals surface area contributed by atoms with Gasteiger partial charge in [-0.2, -0.15) is 5.10 Å². The minimum Gasteiger partial charge on any atom is -0.337 e. The molecule has 0 aliphatic carbocycles. The lowest BCUT2D eigenvalue weighted by Crippen LogP contribution is -2.36. The molecular weight excluding hydrogens is 446 g/mol. The Labute approximate surface area is 194 Å². The molecule has 32 heavy (non-hydrogen) atoms. The molecule has 5 rings (SSSR count). The molecule has 0 radical (unpaired) electrons. The average molecular weight is 468 g/mol. The molecular formula is C22H22ClN7OS. The molecule has 0 unspecified atom stereocenters. The summed E-state index contributed by atoms with van der Waals surface area (Å²) in [7, 11) is 0. The van der Waals surface area contributed by atoms with Gasteiger partial charge in [0.05, 0.1) is 29.5 Å². The summed E-state index contributed by atoms with van der Waals surface area (Å²) in [4.78, 5) is 29.1. The topological polar surface area (TPSA) is 88.8 Å². The van der Waals surface area contributed by atoms with Gasteiger partial charge in [-0.3, -0.25) is 4.79 Å². The number of amides is 1. The minimum absolute atomic E-state index is 0.208. The molecule has 3 aromatic heterocycles. The fourth-order valence-corrected chi connectivity index (χ4v) is 4.99. The highest BCUT2D eigenvalue weighted by molar-refractivity contribution is 7.15. The Kier molecular flexibility index (Phi) is 5.52. The average Bonchev–Trinajstić information content (AvgIpc) is 3.37. The number of carbonyl (C=O) groups is 1. The first-order valence-corrected chi connectivity index (χ1v) is 11.7. The number of anilines is 2. The maximum atomic E-state index is 12.5. The molecule has 1 N–H and O–H groups in total. The SMILES string of the molecule is CC(C)CC(=O)N1CCc2nc(Nc3ncnc4c3cnn4-c3cccc(Cl)c3)sc2C1. The monoisotopic (exact) mass is 467 g/mol. The molecule has 0 saturated heterocycles. The molecule has 1 aliphatic heterocycles. The highest BCUT2D eigenvalue weighted by Gasteiger charge is 2.25. The number of hydrogen-bond donors (Lipinski definition) is 1. The van der Waals surface area contributed by atoms with Crippen molar-refractivity contribution in [1.82, 2.24) is 29.6 Å². The summed E-state index contributed by atoms with van der Waals surface area (Å²) < 4.78 is 1.74. The molecule has 1 aliphatic rings. The van der Waals surface area contributed by atoms with Crippen LogP contribution in [-0.4, -0.2) is 42.1 Å². The molecule has 0 fully saturated rings. The zero-order valence-electron chi connectivity index (χ0n) is 17.7. The molecule has 4 heterocycles. The van der Waals surface area contributed by atoms with Crippen LogP contribution in [-0.2, 0) is 17.8 Å². The van der Waals surface area contributed by atoms with Gasteiger partial charge in [-0.1, -0.05) is 42.9 Å². The quantitative estimate of drug-likeness (QED) is 0.461. The van der Waals surface area contributed by atoms with Gasteiger partial charge >= 0.3 is 0 Å². The van der Waals surface area contributed by atoms with Crippen molar-refractivity contribution in [3.05, 3.63) is 52.4 Å². The van der Waals surface area contributed by atoms with Crippen LogP contribution in [0, 0.1) is 5.92 Å². The van der Waals surface area contributed by atoms with Crippen molar-refractivity contribution in [2.75, 3.05) is 11.9 Å². The van der Waals surface area contributed by atoms with E-state index in [1.165, 1.54) is 6.33 Å². The second-order valence-corrected chi connectivity index (χ2v) is 9.69. The van der Waals surface area contributed by atoms with E-state index in [9.17, 15) is 4.79 Å². The first-order chi connectivity index (χ1) is 15.5. The third-order valence-electron chi connectivity index (χ3n) is 5.31. The number of fused-ring (bicyclic) bond motifs is 2. The summed E-state index contributed by atoms with van der Waals surface area (Å²) in [6.45, 7) is 5.47. The number of aromatic nitrogens is 5. The van der Waals surface area contributed by atoms with E-state index in [1.807, 2.05) is 29.2 Å². The van der Waals surface area contributed by atoms with Crippen molar-refractivity contribution < 1.29 is 4.79 Å². The van der Waals surface area contributed by atoms with Crippen LogP contribution >= 0.6 is 22.9 Å². The van der Waals surface area contributed by atoms with Crippen molar-refractivity contribution >= 4 is 50.8 Å².